The molecule has 0 bridgehead atoms. The lowest BCUT2D eigenvalue weighted by Gasteiger charge is -2.21. The molecular formula is C19H22N4O2. The van der Waals surface area contributed by atoms with Crippen LogP contribution in [0, 0.1) is 0 Å². The van der Waals surface area contributed by atoms with Crippen molar-refractivity contribution in [3.05, 3.63) is 71.6 Å². The van der Waals surface area contributed by atoms with E-state index >= 15 is 0 Å². The second kappa shape index (κ2) is 8.39. The summed E-state index contributed by atoms with van der Waals surface area (Å²) in [6.07, 6.45) is 4.37. The summed E-state index contributed by atoms with van der Waals surface area (Å²) in [6.45, 7) is 4.19. The zero-order valence-electron chi connectivity index (χ0n) is 14.6. The fraction of sp³-hybridized carbons (Fsp3) is 0.316. The van der Waals surface area contributed by atoms with Crippen molar-refractivity contribution in [3.8, 4) is 5.75 Å². The maximum Gasteiger partial charge on any atom is 0.226 e. The molecule has 0 unspecified atom stereocenters. The van der Waals surface area contributed by atoms with Crippen molar-refractivity contribution in [1.29, 1.82) is 0 Å². The molecule has 0 spiro atoms. The summed E-state index contributed by atoms with van der Waals surface area (Å²) in [4.78, 5) is 10.8. The van der Waals surface area contributed by atoms with Gasteiger partial charge in [0.2, 0.25) is 5.89 Å². The Morgan fingerprint density at radius 1 is 0.960 bits per heavy atom. The van der Waals surface area contributed by atoms with Crippen LogP contribution >= 0.6 is 0 Å². The van der Waals surface area contributed by atoms with E-state index in [1.54, 1.807) is 7.11 Å². The number of pyridine rings is 1. The van der Waals surface area contributed by atoms with Crippen molar-refractivity contribution in [3.63, 3.8) is 0 Å². The van der Waals surface area contributed by atoms with Gasteiger partial charge in [-0.2, -0.15) is 4.98 Å². The fourth-order valence-electron chi connectivity index (χ4n) is 2.60. The predicted octanol–water partition coefficient (Wildman–Crippen LogP) is 3.24. The van der Waals surface area contributed by atoms with Crippen LogP contribution in [0.15, 0.2) is 53.3 Å². The molecule has 0 aliphatic carbocycles. The molecule has 2 heterocycles. The molecule has 130 valence electrons. The Hall–Kier alpha value is -2.73. The molecule has 0 N–H and O–H groups in total. The highest BCUT2D eigenvalue weighted by molar-refractivity contribution is 5.27. The number of methoxy groups -OCH3 is 1. The number of aryl methyl sites for hydroxylation is 1. The minimum Gasteiger partial charge on any atom is -0.497 e. The van der Waals surface area contributed by atoms with Gasteiger partial charge >= 0.3 is 0 Å². The van der Waals surface area contributed by atoms with Crippen molar-refractivity contribution in [2.75, 3.05) is 7.11 Å². The molecule has 0 saturated heterocycles. The Labute approximate surface area is 147 Å². The van der Waals surface area contributed by atoms with Gasteiger partial charge in [-0.1, -0.05) is 24.2 Å². The molecule has 6 heteroatoms. The van der Waals surface area contributed by atoms with Gasteiger partial charge in [0.1, 0.15) is 5.75 Å². The van der Waals surface area contributed by atoms with Crippen molar-refractivity contribution in [1.82, 2.24) is 20.0 Å². The molecule has 0 aliphatic heterocycles. The first-order valence-electron chi connectivity index (χ1n) is 8.32. The number of ether oxygens (including phenoxy) is 1. The molecule has 0 saturated carbocycles. The van der Waals surface area contributed by atoms with E-state index in [1.807, 2.05) is 43.6 Å². The van der Waals surface area contributed by atoms with E-state index in [-0.39, 0.29) is 0 Å². The van der Waals surface area contributed by atoms with Gasteiger partial charge in [0, 0.05) is 31.9 Å². The van der Waals surface area contributed by atoms with Crippen LogP contribution in [0.1, 0.15) is 29.8 Å². The topological polar surface area (TPSA) is 64.3 Å². The number of hydrogen-bond acceptors (Lipinski definition) is 6. The van der Waals surface area contributed by atoms with E-state index in [4.69, 9.17) is 9.26 Å². The number of hydrogen-bond donors (Lipinski definition) is 0. The maximum absolute atomic E-state index is 5.23. The SMILES string of the molecule is CCc1nc(CN(Cc2ccncc2)Cc2ccc(OC)cc2)no1. The normalized spacial score (nSPS) is 11.0. The highest BCUT2D eigenvalue weighted by Crippen LogP contribution is 2.16. The average molecular weight is 338 g/mol. The third kappa shape index (κ3) is 4.87. The maximum atomic E-state index is 5.23. The van der Waals surface area contributed by atoms with Gasteiger partial charge in [0.15, 0.2) is 5.82 Å². The molecule has 1 aromatic carbocycles. The first kappa shape index (κ1) is 17.1. The van der Waals surface area contributed by atoms with Gasteiger partial charge in [0.05, 0.1) is 13.7 Å². The smallest absolute Gasteiger partial charge is 0.226 e. The lowest BCUT2D eigenvalue weighted by molar-refractivity contribution is 0.236. The monoisotopic (exact) mass is 338 g/mol. The third-order valence-corrected chi connectivity index (χ3v) is 3.90. The molecular weight excluding hydrogens is 316 g/mol. The second-order valence-electron chi connectivity index (χ2n) is 5.81. The van der Waals surface area contributed by atoms with Crippen LogP contribution in [0.4, 0.5) is 0 Å². The van der Waals surface area contributed by atoms with Crippen LogP contribution in [0.3, 0.4) is 0 Å². The largest absolute Gasteiger partial charge is 0.497 e. The molecule has 0 fully saturated rings. The molecule has 2 aromatic heterocycles. The third-order valence-electron chi connectivity index (χ3n) is 3.90. The van der Waals surface area contributed by atoms with Crippen molar-refractivity contribution < 1.29 is 9.26 Å². The minimum absolute atomic E-state index is 0.623. The van der Waals surface area contributed by atoms with E-state index < -0.39 is 0 Å². The summed E-state index contributed by atoms with van der Waals surface area (Å²) in [7, 11) is 1.67. The van der Waals surface area contributed by atoms with Crippen LogP contribution in [-0.2, 0) is 26.1 Å². The molecule has 0 aliphatic rings. The van der Waals surface area contributed by atoms with E-state index in [2.05, 4.69) is 32.2 Å². The molecule has 0 atom stereocenters. The minimum atomic E-state index is 0.623. The Bertz CT molecular complexity index is 772. The fourth-order valence-corrected chi connectivity index (χ4v) is 2.60. The van der Waals surface area contributed by atoms with Gasteiger partial charge in [-0.05, 0) is 35.4 Å². The second-order valence-corrected chi connectivity index (χ2v) is 5.81. The van der Waals surface area contributed by atoms with Crippen molar-refractivity contribution >= 4 is 0 Å². The van der Waals surface area contributed by atoms with E-state index in [0.29, 0.717) is 18.3 Å². The summed E-state index contributed by atoms with van der Waals surface area (Å²) >= 11 is 0. The van der Waals surface area contributed by atoms with Crippen molar-refractivity contribution in [2.45, 2.75) is 33.0 Å². The molecule has 0 amide bonds. The van der Waals surface area contributed by atoms with Gasteiger partial charge in [-0.3, -0.25) is 9.88 Å². The van der Waals surface area contributed by atoms with Crippen molar-refractivity contribution in [2.24, 2.45) is 0 Å². The predicted molar refractivity (Wildman–Crippen MR) is 93.9 cm³/mol. The molecule has 25 heavy (non-hydrogen) atoms. The number of nitrogens with zero attached hydrogens (tertiary/aromatic N) is 4. The first-order valence-corrected chi connectivity index (χ1v) is 8.32. The number of aromatic nitrogens is 3. The number of rotatable bonds is 8. The summed E-state index contributed by atoms with van der Waals surface area (Å²) in [5, 5.41) is 4.08. The molecule has 0 radical (unpaired) electrons. The Kier molecular flexibility index (Phi) is 5.74. The standard InChI is InChI=1S/C19H22N4O2/c1-3-19-21-18(22-25-19)14-23(13-16-8-10-20-11-9-16)12-15-4-6-17(24-2)7-5-15/h4-11H,3,12-14H2,1-2H3. The zero-order valence-corrected chi connectivity index (χ0v) is 14.6. The summed E-state index contributed by atoms with van der Waals surface area (Å²) in [6, 6.07) is 12.1. The zero-order chi connectivity index (χ0) is 17.5. The number of benzene rings is 1. The van der Waals surface area contributed by atoms with Gasteiger partial charge in [0.25, 0.3) is 0 Å². The van der Waals surface area contributed by atoms with Gasteiger partial charge in [-0.25, -0.2) is 0 Å². The van der Waals surface area contributed by atoms with Crippen LogP contribution in [0.25, 0.3) is 0 Å². The molecule has 3 aromatic rings. The Morgan fingerprint density at radius 2 is 1.64 bits per heavy atom. The summed E-state index contributed by atoms with van der Waals surface area (Å²) in [5.41, 5.74) is 2.40. The van der Waals surface area contributed by atoms with Crippen LogP contribution < -0.4 is 4.74 Å². The van der Waals surface area contributed by atoms with Crippen LogP contribution in [0.2, 0.25) is 0 Å². The van der Waals surface area contributed by atoms with Crippen LogP contribution in [0.5, 0.6) is 5.75 Å². The van der Waals surface area contributed by atoms with E-state index in [0.717, 1.165) is 25.3 Å². The summed E-state index contributed by atoms with van der Waals surface area (Å²) < 4.78 is 10.5. The highest BCUT2D eigenvalue weighted by Gasteiger charge is 2.13. The molecule has 6 nitrogen and oxygen atoms in total. The lowest BCUT2D eigenvalue weighted by Crippen LogP contribution is -2.23. The highest BCUT2D eigenvalue weighted by atomic mass is 16.5. The quantitative estimate of drug-likeness (QED) is 0.628. The van der Waals surface area contributed by atoms with Crippen LogP contribution in [-0.4, -0.2) is 27.1 Å². The van der Waals surface area contributed by atoms with E-state index in [9.17, 15) is 0 Å². The molecule has 3 rings (SSSR count). The van der Waals surface area contributed by atoms with Gasteiger partial charge < -0.3 is 9.26 Å². The summed E-state index contributed by atoms with van der Waals surface area (Å²) in [5.74, 6) is 2.23. The first-order chi connectivity index (χ1) is 12.3. The Morgan fingerprint density at radius 3 is 2.24 bits per heavy atom. The lowest BCUT2D eigenvalue weighted by atomic mass is 10.2. The average Bonchev–Trinajstić information content (AvgIpc) is 3.11. The van der Waals surface area contributed by atoms with E-state index in [1.165, 1.54) is 11.1 Å². The Balaban J connectivity index is 1.74. The van der Waals surface area contributed by atoms with Gasteiger partial charge in [-0.15, -0.1) is 0 Å².